The number of hydrogen-bond acceptors (Lipinski definition) is 8. The van der Waals surface area contributed by atoms with Gasteiger partial charge in [0.2, 0.25) is 0 Å². The number of amides is 1. The molecule has 5 aliphatic rings. The summed E-state index contributed by atoms with van der Waals surface area (Å²) in [5, 5.41) is 16.3. The average molecular weight is 507 g/mol. The number of nitrogens with zero attached hydrogens (tertiary/aromatic N) is 3. The van der Waals surface area contributed by atoms with E-state index in [-0.39, 0.29) is 30.2 Å². The molecule has 0 bridgehead atoms. The van der Waals surface area contributed by atoms with E-state index in [1.54, 1.807) is 6.07 Å². The minimum absolute atomic E-state index is 0.0910. The van der Waals surface area contributed by atoms with Crippen molar-refractivity contribution >= 4 is 15.7 Å². The molecule has 4 saturated carbocycles. The van der Waals surface area contributed by atoms with Gasteiger partial charge in [0, 0.05) is 43.7 Å². The third kappa shape index (κ3) is 4.14. The number of aromatic nitrogens is 1. The van der Waals surface area contributed by atoms with E-state index in [1.807, 2.05) is 7.05 Å². The molecule has 10 heteroatoms. The summed E-state index contributed by atoms with van der Waals surface area (Å²) in [5.41, 5.74) is 0.361. The Morgan fingerprint density at radius 3 is 2.71 bits per heavy atom. The molecule has 194 valence electrons. The zero-order valence-electron chi connectivity index (χ0n) is 20.6. The maximum absolute atomic E-state index is 13.5. The van der Waals surface area contributed by atoms with Crippen LogP contribution in [0.3, 0.4) is 0 Å². The lowest BCUT2D eigenvalue weighted by molar-refractivity contribution is -0.106. The molecule has 1 aromatic rings. The van der Waals surface area contributed by atoms with Crippen molar-refractivity contribution in [2.75, 3.05) is 45.6 Å². The van der Waals surface area contributed by atoms with Crippen molar-refractivity contribution in [3.8, 4) is 0 Å². The summed E-state index contributed by atoms with van der Waals surface area (Å²) < 4.78 is 31.7. The highest BCUT2D eigenvalue weighted by Gasteiger charge is 2.72. The van der Waals surface area contributed by atoms with Gasteiger partial charge in [0.1, 0.15) is 5.76 Å². The van der Waals surface area contributed by atoms with Crippen molar-refractivity contribution in [3.63, 3.8) is 0 Å². The highest BCUT2D eigenvalue weighted by Crippen LogP contribution is 2.69. The van der Waals surface area contributed by atoms with E-state index >= 15 is 0 Å². The summed E-state index contributed by atoms with van der Waals surface area (Å²) in [5.74, 6) is 2.38. The van der Waals surface area contributed by atoms with Gasteiger partial charge in [0.15, 0.2) is 15.5 Å². The summed E-state index contributed by atoms with van der Waals surface area (Å²) in [4.78, 5) is 17.1. The summed E-state index contributed by atoms with van der Waals surface area (Å²) in [6.45, 7) is 3.22. The van der Waals surface area contributed by atoms with Crippen molar-refractivity contribution in [1.29, 1.82) is 0 Å². The van der Waals surface area contributed by atoms with E-state index < -0.39 is 14.6 Å². The molecule has 1 aliphatic heterocycles. The molecule has 1 aromatic heterocycles. The number of sulfone groups is 1. The normalized spacial score (nSPS) is 36.5. The summed E-state index contributed by atoms with van der Waals surface area (Å²) >= 11 is 0. The van der Waals surface area contributed by atoms with Gasteiger partial charge in [-0.3, -0.25) is 9.69 Å². The van der Waals surface area contributed by atoms with Crippen molar-refractivity contribution in [3.05, 3.63) is 17.5 Å². The molecule has 0 aromatic carbocycles. The molecule has 4 aliphatic carbocycles. The van der Waals surface area contributed by atoms with E-state index in [0.717, 1.165) is 63.8 Å². The molecular weight excluding hydrogens is 468 g/mol. The van der Waals surface area contributed by atoms with Crippen molar-refractivity contribution in [2.45, 2.75) is 67.7 Å². The van der Waals surface area contributed by atoms with Gasteiger partial charge < -0.3 is 19.8 Å². The number of aliphatic hydroxyl groups is 1. The molecule has 35 heavy (non-hydrogen) atoms. The Morgan fingerprint density at radius 1 is 1.29 bits per heavy atom. The van der Waals surface area contributed by atoms with E-state index in [9.17, 15) is 13.2 Å². The fourth-order valence-corrected chi connectivity index (χ4v) is 10.3. The monoisotopic (exact) mass is 506 g/mol. The molecule has 3 unspecified atom stereocenters. The Labute approximate surface area is 207 Å². The van der Waals surface area contributed by atoms with Crippen LogP contribution in [0.4, 0.5) is 0 Å². The molecule has 0 spiro atoms. The molecule has 0 radical (unpaired) electrons. The van der Waals surface area contributed by atoms with Crippen LogP contribution in [0.2, 0.25) is 0 Å². The van der Waals surface area contributed by atoms with Crippen LogP contribution in [-0.4, -0.2) is 96.8 Å². The Balaban J connectivity index is 0.998. The Hall–Kier alpha value is -1.49. The Morgan fingerprint density at radius 2 is 2.03 bits per heavy atom. The van der Waals surface area contributed by atoms with Gasteiger partial charge in [-0.1, -0.05) is 5.16 Å². The van der Waals surface area contributed by atoms with Gasteiger partial charge in [-0.15, -0.1) is 0 Å². The number of rotatable bonds is 10. The second-order valence-electron chi connectivity index (χ2n) is 11.8. The van der Waals surface area contributed by atoms with E-state index in [4.69, 9.17) is 9.63 Å². The first-order chi connectivity index (χ1) is 16.8. The van der Waals surface area contributed by atoms with Gasteiger partial charge in [-0.2, -0.15) is 0 Å². The quantitative estimate of drug-likeness (QED) is 0.487. The molecule has 6 atom stereocenters. The Bertz CT molecular complexity index is 1050. The molecule has 1 saturated heterocycles. The lowest BCUT2D eigenvalue weighted by Crippen LogP contribution is -2.73. The topological polar surface area (TPSA) is 116 Å². The van der Waals surface area contributed by atoms with Gasteiger partial charge in [-0.05, 0) is 76.3 Å². The molecule has 1 amide bonds. The lowest BCUT2D eigenvalue weighted by Gasteiger charge is -2.69. The van der Waals surface area contributed by atoms with Crippen LogP contribution in [-0.2, 0) is 9.84 Å². The summed E-state index contributed by atoms with van der Waals surface area (Å²) in [7, 11) is -1.12. The highest BCUT2D eigenvalue weighted by atomic mass is 32.2. The number of carbonyl (C=O) groups is 1. The smallest absolute Gasteiger partial charge is 0.273 e. The van der Waals surface area contributed by atoms with Crippen LogP contribution in [0.5, 0.6) is 0 Å². The standard InChI is InChI=1S/C25H38N4O5S/c1-28(6-8-30)20-4-5-29(15-20)7-9-35(32,33)25-13-17-10-19(11-18(14-25)23(17)25)26-24(31)21-12-22(34-27-21)16-2-3-16/h12,16-20,23,30H,2-11,13-15H2,1H3,(H,26,31)/t17-,18+,19-,20?,23?,25?. The van der Waals surface area contributed by atoms with Gasteiger partial charge >= 0.3 is 0 Å². The highest BCUT2D eigenvalue weighted by molar-refractivity contribution is 7.93. The lowest BCUT2D eigenvalue weighted by atomic mass is 9.42. The predicted octanol–water partition coefficient (Wildman–Crippen LogP) is 1.25. The predicted molar refractivity (Wildman–Crippen MR) is 130 cm³/mol. The van der Waals surface area contributed by atoms with Crippen LogP contribution in [0.25, 0.3) is 0 Å². The van der Waals surface area contributed by atoms with Gasteiger partial charge in [0.25, 0.3) is 5.91 Å². The molecule has 9 nitrogen and oxygen atoms in total. The van der Waals surface area contributed by atoms with Crippen molar-refractivity contribution in [1.82, 2.24) is 20.3 Å². The number of carbonyl (C=O) groups excluding carboxylic acids is 1. The third-order valence-electron chi connectivity index (χ3n) is 9.71. The number of likely N-dealkylation sites (N-methyl/N-ethyl adjacent to an activating group) is 1. The van der Waals surface area contributed by atoms with E-state index in [0.29, 0.717) is 42.6 Å². The first-order valence-electron chi connectivity index (χ1n) is 13.3. The number of likely N-dealkylation sites (tertiary alicyclic amines) is 1. The molecule has 5 fully saturated rings. The fraction of sp³-hybridized carbons (Fsp3) is 0.840. The first kappa shape index (κ1) is 23.9. The van der Waals surface area contributed by atoms with Crippen LogP contribution < -0.4 is 5.32 Å². The number of nitrogens with one attached hydrogen (secondary N) is 1. The van der Waals surface area contributed by atoms with Crippen LogP contribution in [0.1, 0.15) is 67.1 Å². The fourth-order valence-electron chi connectivity index (χ4n) is 7.67. The SMILES string of the molecule is CN(CCO)C1CCN(CCS(=O)(=O)C23C[C@H]4C[C@@H](NC(=O)c5cc(C6CC6)on5)C[C@@H](C2)C43)C1. The van der Waals surface area contributed by atoms with Gasteiger partial charge in [0.05, 0.1) is 17.1 Å². The Kier molecular flexibility index (Phi) is 6.02. The van der Waals surface area contributed by atoms with Crippen molar-refractivity contribution in [2.24, 2.45) is 17.8 Å². The van der Waals surface area contributed by atoms with Crippen LogP contribution >= 0.6 is 0 Å². The molecule has 6 rings (SSSR count). The zero-order valence-corrected chi connectivity index (χ0v) is 21.4. The molecular formula is C25H38N4O5S. The maximum Gasteiger partial charge on any atom is 0.273 e. The van der Waals surface area contributed by atoms with Gasteiger partial charge in [-0.25, -0.2) is 8.42 Å². The second kappa shape index (κ2) is 8.82. The molecule has 2 N–H and O–H groups in total. The molecule has 2 heterocycles. The zero-order chi connectivity index (χ0) is 24.4. The third-order valence-corrected chi connectivity index (χ3v) is 12.3. The first-order valence-corrected chi connectivity index (χ1v) is 15.0. The van der Waals surface area contributed by atoms with Crippen LogP contribution in [0.15, 0.2) is 10.6 Å². The van der Waals surface area contributed by atoms with Crippen molar-refractivity contribution < 1.29 is 22.8 Å². The largest absolute Gasteiger partial charge is 0.395 e. The average Bonchev–Trinajstić information content (AvgIpc) is 3.31. The van der Waals surface area contributed by atoms with Crippen LogP contribution in [0, 0.1) is 17.8 Å². The summed E-state index contributed by atoms with van der Waals surface area (Å²) in [6, 6.07) is 2.26. The minimum Gasteiger partial charge on any atom is -0.395 e. The maximum atomic E-state index is 13.5. The minimum atomic E-state index is -3.15. The van der Waals surface area contributed by atoms with E-state index in [2.05, 4.69) is 20.3 Å². The second-order valence-corrected chi connectivity index (χ2v) is 14.3. The number of aliphatic hydroxyl groups excluding tert-OH is 1. The summed E-state index contributed by atoms with van der Waals surface area (Å²) in [6.07, 6.45) is 6.47. The number of hydrogen-bond donors (Lipinski definition) is 2. The van der Waals surface area contributed by atoms with E-state index in [1.165, 1.54) is 0 Å².